The van der Waals surface area contributed by atoms with E-state index in [1.54, 1.807) is 18.7 Å². The van der Waals surface area contributed by atoms with Crippen molar-refractivity contribution in [3.05, 3.63) is 13.0 Å². The van der Waals surface area contributed by atoms with E-state index in [0.29, 0.717) is 12.3 Å². The van der Waals surface area contributed by atoms with Gasteiger partial charge in [-0.15, -0.1) is 0 Å². The van der Waals surface area contributed by atoms with E-state index < -0.39 is 0 Å². The standard InChI is InChI=1S/C7H8I2N2O2/c1-3-13-7(12)5-4(8)6(9)10-11(5)2/h3H2,1-2H3. The third kappa shape index (κ3) is 2.33. The number of rotatable bonds is 2. The van der Waals surface area contributed by atoms with E-state index in [1.807, 2.05) is 0 Å². The van der Waals surface area contributed by atoms with Crippen LogP contribution in [0.15, 0.2) is 0 Å². The Morgan fingerprint density at radius 3 is 2.62 bits per heavy atom. The van der Waals surface area contributed by atoms with E-state index in [-0.39, 0.29) is 5.97 Å². The molecule has 0 spiro atoms. The predicted octanol–water partition coefficient (Wildman–Crippen LogP) is 1.81. The summed E-state index contributed by atoms with van der Waals surface area (Å²) in [6.07, 6.45) is 0. The van der Waals surface area contributed by atoms with Gasteiger partial charge in [-0.3, -0.25) is 4.68 Å². The summed E-state index contributed by atoms with van der Waals surface area (Å²) in [5.74, 6) is -0.315. The van der Waals surface area contributed by atoms with Crippen LogP contribution in [-0.2, 0) is 11.8 Å². The highest BCUT2D eigenvalue weighted by Crippen LogP contribution is 2.18. The van der Waals surface area contributed by atoms with Gasteiger partial charge in [0, 0.05) is 7.05 Å². The molecule has 72 valence electrons. The number of halogens is 2. The first kappa shape index (κ1) is 11.2. The van der Waals surface area contributed by atoms with E-state index >= 15 is 0 Å². The lowest BCUT2D eigenvalue weighted by atomic mass is 10.4. The number of hydrogen-bond acceptors (Lipinski definition) is 3. The van der Waals surface area contributed by atoms with Crippen LogP contribution >= 0.6 is 45.2 Å². The molecule has 0 saturated carbocycles. The third-order valence-electron chi connectivity index (χ3n) is 1.42. The van der Waals surface area contributed by atoms with Gasteiger partial charge in [0.1, 0.15) is 3.70 Å². The van der Waals surface area contributed by atoms with Crippen molar-refractivity contribution in [1.29, 1.82) is 0 Å². The van der Waals surface area contributed by atoms with Crippen LogP contribution in [0, 0.1) is 7.27 Å². The van der Waals surface area contributed by atoms with Crippen LogP contribution < -0.4 is 0 Å². The normalized spacial score (nSPS) is 10.2. The second-order valence-electron chi connectivity index (χ2n) is 2.30. The lowest BCUT2D eigenvalue weighted by molar-refractivity contribution is 0.0512. The van der Waals surface area contributed by atoms with Gasteiger partial charge in [0.2, 0.25) is 0 Å². The van der Waals surface area contributed by atoms with Crippen LogP contribution in [0.25, 0.3) is 0 Å². The topological polar surface area (TPSA) is 44.1 Å². The molecule has 0 saturated heterocycles. The average Bonchev–Trinajstić information content (AvgIpc) is 2.27. The van der Waals surface area contributed by atoms with Crippen LogP contribution in [0.1, 0.15) is 17.4 Å². The Morgan fingerprint density at radius 2 is 2.23 bits per heavy atom. The SMILES string of the molecule is CCOC(=O)c1c(I)c(I)nn1C. The molecule has 0 radical (unpaired) electrons. The van der Waals surface area contributed by atoms with Crippen LogP contribution in [-0.4, -0.2) is 22.4 Å². The van der Waals surface area contributed by atoms with Crippen molar-refractivity contribution < 1.29 is 9.53 Å². The lowest BCUT2D eigenvalue weighted by Gasteiger charge is -2.01. The van der Waals surface area contributed by atoms with E-state index in [1.165, 1.54) is 0 Å². The van der Waals surface area contributed by atoms with Crippen molar-refractivity contribution in [2.24, 2.45) is 7.05 Å². The molecule has 1 rings (SSSR count). The summed E-state index contributed by atoms with van der Waals surface area (Å²) >= 11 is 4.17. The van der Waals surface area contributed by atoms with Gasteiger partial charge in [0.25, 0.3) is 0 Å². The van der Waals surface area contributed by atoms with Gasteiger partial charge in [-0.05, 0) is 52.1 Å². The van der Waals surface area contributed by atoms with Gasteiger partial charge in [0.05, 0.1) is 10.2 Å². The fourth-order valence-electron chi connectivity index (χ4n) is 0.887. The molecule has 0 aromatic carbocycles. The molecule has 0 aliphatic rings. The summed E-state index contributed by atoms with van der Waals surface area (Å²) in [7, 11) is 1.73. The molecule has 4 nitrogen and oxygen atoms in total. The Balaban J connectivity index is 3.06. The number of esters is 1. The average molecular weight is 406 g/mol. The molecule has 0 aliphatic carbocycles. The largest absolute Gasteiger partial charge is 0.461 e. The summed E-state index contributed by atoms with van der Waals surface area (Å²) < 4.78 is 8.11. The highest BCUT2D eigenvalue weighted by atomic mass is 127. The molecule has 0 atom stereocenters. The summed E-state index contributed by atoms with van der Waals surface area (Å²) in [6.45, 7) is 2.17. The zero-order chi connectivity index (χ0) is 10.0. The molecule has 13 heavy (non-hydrogen) atoms. The summed E-state index contributed by atoms with van der Waals surface area (Å²) in [4.78, 5) is 11.4. The minimum absolute atomic E-state index is 0.315. The molecule has 0 aliphatic heterocycles. The highest BCUT2D eigenvalue weighted by Gasteiger charge is 2.19. The molecule has 1 heterocycles. The maximum Gasteiger partial charge on any atom is 0.357 e. The van der Waals surface area contributed by atoms with Crippen molar-refractivity contribution in [2.45, 2.75) is 6.92 Å². The van der Waals surface area contributed by atoms with E-state index in [2.05, 4.69) is 50.3 Å². The van der Waals surface area contributed by atoms with Crippen LogP contribution in [0.4, 0.5) is 0 Å². The first-order valence-corrected chi connectivity index (χ1v) is 5.78. The number of ether oxygens (including phenoxy) is 1. The summed E-state index contributed by atoms with van der Waals surface area (Å²) in [5, 5.41) is 4.11. The number of carbonyl (C=O) groups excluding carboxylic acids is 1. The molecule has 1 aromatic rings. The predicted molar refractivity (Wildman–Crippen MR) is 64.6 cm³/mol. The van der Waals surface area contributed by atoms with Crippen molar-refractivity contribution >= 4 is 51.2 Å². The first-order valence-electron chi connectivity index (χ1n) is 3.63. The second kappa shape index (κ2) is 4.58. The minimum Gasteiger partial charge on any atom is -0.461 e. The second-order valence-corrected chi connectivity index (χ2v) is 4.40. The first-order chi connectivity index (χ1) is 6.07. The monoisotopic (exact) mass is 406 g/mol. The fraction of sp³-hybridized carbons (Fsp3) is 0.429. The van der Waals surface area contributed by atoms with E-state index in [0.717, 1.165) is 7.27 Å². The Labute approximate surface area is 103 Å². The fourth-order valence-corrected chi connectivity index (χ4v) is 2.14. The smallest absolute Gasteiger partial charge is 0.357 e. The quantitative estimate of drug-likeness (QED) is 0.556. The Bertz CT molecular complexity index is 335. The molecule has 6 heteroatoms. The Kier molecular flexibility index (Phi) is 3.95. The molecule has 0 N–H and O–H groups in total. The van der Waals surface area contributed by atoms with Gasteiger partial charge in [-0.1, -0.05) is 0 Å². The van der Waals surface area contributed by atoms with E-state index in [4.69, 9.17) is 4.74 Å². The van der Waals surface area contributed by atoms with E-state index in [9.17, 15) is 4.79 Å². The van der Waals surface area contributed by atoms with Crippen LogP contribution in [0.2, 0.25) is 0 Å². The number of nitrogens with zero attached hydrogens (tertiary/aromatic N) is 2. The van der Waals surface area contributed by atoms with Crippen molar-refractivity contribution in [3.63, 3.8) is 0 Å². The van der Waals surface area contributed by atoms with Crippen molar-refractivity contribution in [3.8, 4) is 0 Å². The molecular weight excluding hydrogens is 398 g/mol. The van der Waals surface area contributed by atoms with Gasteiger partial charge in [-0.2, -0.15) is 5.10 Å². The molecule has 0 fully saturated rings. The summed E-state index contributed by atoms with van der Waals surface area (Å²) in [6, 6.07) is 0. The number of aryl methyl sites for hydroxylation is 1. The van der Waals surface area contributed by atoms with Gasteiger partial charge in [-0.25, -0.2) is 4.79 Å². The maximum absolute atomic E-state index is 11.4. The molecule has 0 bridgehead atoms. The van der Waals surface area contributed by atoms with Crippen LogP contribution in [0.3, 0.4) is 0 Å². The van der Waals surface area contributed by atoms with Gasteiger partial charge >= 0.3 is 5.97 Å². The number of aromatic nitrogens is 2. The number of carbonyl (C=O) groups is 1. The van der Waals surface area contributed by atoms with Gasteiger partial charge < -0.3 is 4.74 Å². The lowest BCUT2D eigenvalue weighted by Crippen LogP contribution is -2.11. The van der Waals surface area contributed by atoms with Gasteiger partial charge in [0.15, 0.2) is 5.69 Å². The zero-order valence-corrected chi connectivity index (χ0v) is 11.5. The Hall–Kier alpha value is 0.140. The molecular formula is C7H8I2N2O2. The highest BCUT2D eigenvalue weighted by molar-refractivity contribution is 14.1. The zero-order valence-electron chi connectivity index (χ0n) is 7.17. The number of hydrogen-bond donors (Lipinski definition) is 0. The maximum atomic E-state index is 11.4. The van der Waals surface area contributed by atoms with Crippen molar-refractivity contribution in [1.82, 2.24) is 9.78 Å². The Morgan fingerprint density at radius 1 is 1.62 bits per heavy atom. The molecule has 1 aromatic heterocycles. The van der Waals surface area contributed by atoms with Crippen molar-refractivity contribution in [2.75, 3.05) is 6.61 Å². The minimum atomic E-state index is -0.315. The van der Waals surface area contributed by atoms with Crippen LogP contribution in [0.5, 0.6) is 0 Å². The summed E-state index contributed by atoms with van der Waals surface area (Å²) in [5.41, 5.74) is 0.520. The molecule has 0 unspecified atom stereocenters. The molecule has 0 amide bonds. The third-order valence-corrected chi connectivity index (χ3v) is 4.23.